The van der Waals surface area contributed by atoms with E-state index < -0.39 is 40.8 Å². The number of nitrogens with zero attached hydrogens (tertiary/aromatic N) is 4. The van der Waals surface area contributed by atoms with Crippen LogP contribution in [0, 0.1) is 0 Å². The Morgan fingerprint density at radius 1 is 1.20 bits per heavy atom. The smallest absolute Gasteiger partial charge is 0.423 e. The summed E-state index contributed by atoms with van der Waals surface area (Å²) in [4.78, 5) is 32.0. The number of aromatic nitrogens is 3. The van der Waals surface area contributed by atoms with E-state index in [9.17, 15) is 35.9 Å². The first kappa shape index (κ1) is 30.4. The van der Waals surface area contributed by atoms with Gasteiger partial charge in [0.05, 0.1) is 62.4 Å². The summed E-state index contributed by atoms with van der Waals surface area (Å²) < 4.78 is 95.4. The number of amides is 1. The number of ether oxygens (including phenoxy) is 3. The fourth-order valence-electron chi connectivity index (χ4n) is 4.71. The molecule has 1 fully saturated rings. The van der Waals surface area contributed by atoms with E-state index in [1.54, 1.807) is 10.00 Å². The molecule has 2 N–H and O–H groups in total. The minimum Gasteiger partial charge on any atom is -0.490 e. The molecule has 0 unspecified atom stereocenters. The van der Waals surface area contributed by atoms with Crippen LogP contribution in [0.25, 0.3) is 0 Å². The monoisotopic (exact) mass is 594 g/mol. The van der Waals surface area contributed by atoms with Gasteiger partial charge in [0.2, 0.25) is 5.91 Å². The number of aromatic amines is 1. The Balaban J connectivity index is 1.30. The maximum atomic E-state index is 13.3. The Morgan fingerprint density at radius 2 is 1.98 bits per heavy atom. The predicted octanol–water partition coefficient (Wildman–Crippen LogP) is 2.54. The maximum absolute atomic E-state index is 13.3. The van der Waals surface area contributed by atoms with E-state index in [1.807, 2.05) is 4.90 Å². The summed E-state index contributed by atoms with van der Waals surface area (Å²) in [5.41, 5.74) is -4.25. The van der Waals surface area contributed by atoms with E-state index in [1.165, 1.54) is 7.11 Å². The van der Waals surface area contributed by atoms with E-state index in [4.69, 9.17) is 14.2 Å². The highest BCUT2D eigenvalue weighted by Gasteiger charge is 2.38. The molecule has 4 heterocycles. The van der Waals surface area contributed by atoms with Crippen molar-refractivity contribution in [2.24, 2.45) is 0 Å². The fourth-order valence-corrected chi connectivity index (χ4v) is 4.71. The summed E-state index contributed by atoms with van der Waals surface area (Å²) >= 11 is 0. The van der Waals surface area contributed by atoms with Gasteiger partial charge in [-0.25, -0.2) is 10.1 Å². The number of piperazine rings is 1. The second-order valence-corrected chi connectivity index (χ2v) is 9.47. The lowest BCUT2D eigenvalue weighted by atomic mass is 10.1. The van der Waals surface area contributed by atoms with Crippen molar-refractivity contribution < 1.29 is 45.3 Å². The normalized spacial score (nSPS) is 18.2. The molecule has 2 aromatic heterocycles. The molecule has 41 heavy (non-hydrogen) atoms. The number of rotatable bonds is 9. The third kappa shape index (κ3) is 7.38. The Labute approximate surface area is 229 Å². The van der Waals surface area contributed by atoms with Gasteiger partial charge in [-0.05, 0) is 6.07 Å². The highest BCUT2D eigenvalue weighted by molar-refractivity contribution is 5.76. The van der Waals surface area contributed by atoms with Gasteiger partial charge in [0.15, 0.2) is 11.6 Å². The van der Waals surface area contributed by atoms with Crippen LogP contribution < -0.4 is 20.5 Å². The minimum absolute atomic E-state index is 0.00688. The quantitative estimate of drug-likeness (QED) is 0.333. The third-order valence-corrected chi connectivity index (χ3v) is 6.62. The van der Waals surface area contributed by atoms with Gasteiger partial charge in [-0.1, -0.05) is 0 Å². The van der Waals surface area contributed by atoms with Gasteiger partial charge >= 0.3 is 12.4 Å². The van der Waals surface area contributed by atoms with Gasteiger partial charge < -0.3 is 29.3 Å². The topological polar surface area (TPSA) is 122 Å². The first-order chi connectivity index (χ1) is 19.4. The van der Waals surface area contributed by atoms with Crippen molar-refractivity contribution in [2.75, 3.05) is 63.4 Å². The number of methoxy groups -OCH3 is 1. The number of H-pyrrole nitrogens is 1. The number of carbonyl (C=O) groups is 1. The molecule has 2 aliphatic rings. The largest absolute Gasteiger partial charge is 0.490 e. The second-order valence-electron chi connectivity index (χ2n) is 9.47. The first-order valence-electron chi connectivity index (χ1n) is 12.6. The molecule has 2 atom stereocenters. The summed E-state index contributed by atoms with van der Waals surface area (Å²) in [7, 11) is 1.35. The van der Waals surface area contributed by atoms with Crippen LogP contribution in [-0.2, 0) is 26.6 Å². The standard InChI is InChI=1S/C24H28F6N6O5/c1-39-12-15(33-17-10-32-34-22(38)20(17)24(28,29)30)13-40-6-3-19(37)35-4-5-36-16(11-35)2-7-41-18-8-14(23(25,26)27)9-31-21(18)36/h8-10,15-16H,2-7,11-13H2,1H3,(H2,33,34,38)/t15-,16-/m0/s1. The molecule has 226 valence electrons. The Kier molecular flexibility index (Phi) is 9.26. The van der Waals surface area contributed by atoms with Crippen LogP contribution in [-0.4, -0.2) is 91.2 Å². The molecule has 0 bridgehead atoms. The average molecular weight is 595 g/mol. The molecule has 0 saturated carbocycles. The number of alkyl halides is 6. The predicted molar refractivity (Wildman–Crippen MR) is 132 cm³/mol. The Morgan fingerprint density at radius 3 is 2.68 bits per heavy atom. The molecule has 11 nitrogen and oxygen atoms in total. The molecule has 0 aliphatic carbocycles. The van der Waals surface area contributed by atoms with Gasteiger partial charge in [0, 0.05) is 39.4 Å². The van der Waals surface area contributed by atoms with Gasteiger partial charge in [0.25, 0.3) is 5.56 Å². The minimum atomic E-state index is -4.92. The highest BCUT2D eigenvalue weighted by atomic mass is 19.4. The number of anilines is 2. The summed E-state index contributed by atoms with van der Waals surface area (Å²) in [5, 5.41) is 7.74. The van der Waals surface area contributed by atoms with E-state index in [-0.39, 0.29) is 50.5 Å². The molecule has 2 aliphatic heterocycles. The van der Waals surface area contributed by atoms with Crippen molar-refractivity contribution in [3.8, 4) is 5.75 Å². The molecule has 1 amide bonds. The van der Waals surface area contributed by atoms with Crippen molar-refractivity contribution in [3.63, 3.8) is 0 Å². The molecule has 1 saturated heterocycles. The number of halogens is 6. The van der Waals surface area contributed by atoms with Crippen molar-refractivity contribution in [2.45, 2.75) is 37.3 Å². The maximum Gasteiger partial charge on any atom is 0.423 e. The SMILES string of the molecule is COC[C@@H](COCCC(=O)N1CCN2c3ncc(C(F)(F)F)cc3OCC[C@H]2C1)Nc1cn[nH]c(=O)c1C(F)(F)F. The third-order valence-electron chi connectivity index (χ3n) is 6.62. The van der Waals surface area contributed by atoms with Crippen molar-refractivity contribution in [1.82, 2.24) is 20.1 Å². The Hall–Kier alpha value is -3.60. The first-order valence-corrected chi connectivity index (χ1v) is 12.6. The van der Waals surface area contributed by atoms with Crippen LogP contribution in [0.2, 0.25) is 0 Å². The van der Waals surface area contributed by atoms with Crippen LogP contribution in [0.3, 0.4) is 0 Å². The molecule has 0 spiro atoms. The van der Waals surface area contributed by atoms with Crippen molar-refractivity contribution >= 4 is 17.4 Å². The lowest BCUT2D eigenvalue weighted by molar-refractivity contribution is -0.138. The van der Waals surface area contributed by atoms with E-state index in [0.29, 0.717) is 31.9 Å². The zero-order valence-electron chi connectivity index (χ0n) is 21.8. The van der Waals surface area contributed by atoms with Crippen LogP contribution >= 0.6 is 0 Å². The van der Waals surface area contributed by atoms with Crippen molar-refractivity contribution in [1.29, 1.82) is 0 Å². The average Bonchev–Trinajstić information content (AvgIpc) is 3.08. The number of hydrogen-bond acceptors (Lipinski definition) is 9. The number of pyridine rings is 1. The zero-order chi connectivity index (χ0) is 29.8. The second kappa shape index (κ2) is 12.5. The van der Waals surface area contributed by atoms with Crippen LogP contribution in [0.1, 0.15) is 24.0 Å². The number of carbonyl (C=O) groups excluding carboxylic acids is 1. The van der Waals surface area contributed by atoms with E-state index in [0.717, 1.165) is 18.5 Å². The van der Waals surface area contributed by atoms with Gasteiger partial charge in [-0.15, -0.1) is 0 Å². The lowest BCUT2D eigenvalue weighted by Crippen LogP contribution is -2.55. The van der Waals surface area contributed by atoms with Crippen LogP contribution in [0.5, 0.6) is 5.75 Å². The number of fused-ring (bicyclic) bond motifs is 3. The number of nitrogens with one attached hydrogen (secondary N) is 2. The molecule has 0 radical (unpaired) electrons. The Bertz CT molecular complexity index is 1270. The van der Waals surface area contributed by atoms with Crippen molar-refractivity contribution in [3.05, 3.63) is 39.9 Å². The van der Waals surface area contributed by atoms with Crippen LogP contribution in [0.15, 0.2) is 23.3 Å². The zero-order valence-corrected chi connectivity index (χ0v) is 21.8. The van der Waals surface area contributed by atoms with Gasteiger partial charge in [-0.2, -0.15) is 31.4 Å². The van der Waals surface area contributed by atoms with Gasteiger partial charge in [0.1, 0.15) is 5.56 Å². The van der Waals surface area contributed by atoms with E-state index >= 15 is 0 Å². The summed E-state index contributed by atoms with van der Waals surface area (Å²) in [6, 6.07) is -0.0544. The molecule has 0 aromatic carbocycles. The summed E-state index contributed by atoms with van der Waals surface area (Å²) in [6.07, 6.45) is -7.39. The summed E-state index contributed by atoms with van der Waals surface area (Å²) in [5.74, 6) is 0.134. The summed E-state index contributed by atoms with van der Waals surface area (Å²) in [6.45, 7) is 0.922. The molecular weight excluding hydrogens is 566 g/mol. The molecule has 4 rings (SSSR count). The van der Waals surface area contributed by atoms with Gasteiger partial charge in [-0.3, -0.25) is 9.59 Å². The van der Waals surface area contributed by atoms with E-state index in [2.05, 4.69) is 15.4 Å². The highest BCUT2D eigenvalue weighted by Crippen LogP contribution is 2.38. The molecule has 2 aromatic rings. The molecular formula is C24H28F6N6O5. The fraction of sp³-hybridized carbons (Fsp3) is 0.583. The molecule has 17 heteroatoms. The lowest BCUT2D eigenvalue weighted by Gasteiger charge is -2.41. The van der Waals surface area contributed by atoms with Crippen LogP contribution in [0.4, 0.5) is 37.8 Å². The number of hydrogen-bond donors (Lipinski definition) is 2.